The molecule has 2 rings (SSSR count). The van der Waals surface area contributed by atoms with Gasteiger partial charge in [0.05, 0.1) is 24.5 Å². The predicted molar refractivity (Wildman–Crippen MR) is 128 cm³/mol. The van der Waals surface area contributed by atoms with Crippen molar-refractivity contribution in [2.75, 3.05) is 29.6 Å². The molecule has 0 aliphatic carbocycles. The van der Waals surface area contributed by atoms with Gasteiger partial charge in [0.15, 0.2) is 4.34 Å². The highest BCUT2D eigenvalue weighted by atomic mass is 32.2. The zero-order valence-electron chi connectivity index (χ0n) is 19.2. The van der Waals surface area contributed by atoms with Crippen molar-refractivity contribution < 1.29 is 28.7 Å². The molecule has 0 bridgehead atoms. The minimum atomic E-state index is -0.631. The van der Waals surface area contributed by atoms with Crippen LogP contribution in [0.5, 0.6) is 0 Å². The van der Waals surface area contributed by atoms with E-state index >= 15 is 0 Å². The second-order valence-electron chi connectivity index (χ2n) is 7.62. The maximum atomic E-state index is 12.5. The van der Waals surface area contributed by atoms with Gasteiger partial charge in [-0.2, -0.15) is 0 Å². The van der Waals surface area contributed by atoms with Crippen molar-refractivity contribution in [3.63, 3.8) is 0 Å². The molecule has 0 aromatic carbocycles. The van der Waals surface area contributed by atoms with E-state index in [2.05, 4.69) is 20.8 Å². The standard InChI is InChI=1S/C20H26N4O6S3/c1-7-29-15(26)12-10(3)13(16(27)30-8-2)32-14(12)21-11(25)9-31-19-24-23-18(33-19)22-17(28)20(4,5)6/h7-9H2,1-6H3,(H,21,25)(H,22,23,28). The lowest BCUT2D eigenvalue weighted by atomic mass is 9.96. The molecule has 2 amide bonds. The van der Waals surface area contributed by atoms with Crippen molar-refractivity contribution in [1.29, 1.82) is 0 Å². The van der Waals surface area contributed by atoms with Crippen LogP contribution in [0, 0.1) is 12.3 Å². The lowest BCUT2D eigenvalue weighted by Gasteiger charge is -2.15. The first-order chi connectivity index (χ1) is 15.5. The van der Waals surface area contributed by atoms with Crippen LogP contribution in [-0.2, 0) is 19.1 Å². The predicted octanol–water partition coefficient (Wildman–Crippen LogP) is 3.98. The summed E-state index contributed by atoms with van der Waals surface area (Å²) >= 11 is 3.25. The van der Waals surface area contributed by atoms with Crippen LogP contribution in [0.25, 0.3) is 0 Å². The van der Waals surface area contributed by atoms with Crippen LogP contribution in [0.2, 0.25) is 0 Å². The Morgan fingerprint density at radius 2 is 1.61 bits per heavy atom. The number of thioether (sulfide) groups is 1. The van der Waals surface area contributed by atoms with E-state index in [1.165, 1.54) is 0 Å². The van der Waals surface area contributed by atoms with E-state index in [4.69, 9.17) is 9.47 Å². The van der Waals surface area contributed by atoms with Crippen LogP contribution >= 0.6 is 34.4 Å². The average Bonchev–Trinajstić information content (AvgIpc) is 3.30. The second kappa shape index (κ2) is 11.6. The highest BCUT2D eigenvalue weighted by Crippen LogP contribution is 2.35. The van der Waals surface area contributed by atoms with Gasteiger partial charge in [-0.25, -0.2) is 9.59 Å². The molecule has 0 aliphatic heterocycles. The fraction of sp³-hybridized carbons (Fsp3) is 0.500. The van der Waals surface area contributed by atoms with Gasteiger partial charge in [-0.3, -0.25) is 9.59 Å². The van der Waals surface area contributed by atoms with E-state index in [1.54, 1.807) is 41.5 Å². The van der Waals surface area contributed by atoms with Crippen LogP contribution in [0.4, 0.5) is 10.1 Å². The molecule has 10 nitrogen and oxygen atoms in total. The third-order valence-corrected chi connectivity index (χ3v) is 7.13. The molecule has 2 N–H and O–H groups in total. The largest absolute Gasteiger partial charge is 0.462 e. The van der Waals surface area contributed by atoms with E-state index in [0.717, 1.165) is 34.4 Å². The fourth-order valence-corrected chi connectivity index (χ4v) is 4.99. The van der Waals surface area contributed by atoms with E-state index in [1.807, 2.05) is 0 Å². The van der Waals surface area contributed by atoms with Gasteiger partial charge in [-0.05, 0) is 26.3 Å². The topological polar surface area (TPSA) is 137 Å². The zero-order chi connectivity index (χ0) is 24.8. The monoisotopic (exact) mass is 514 g/mol. The lowest BCUT2D eigenvalue weighted by molar-refractivity contribution is -0.123. The number of nitrogens with one attached hydrogen (secondary N) is 2. The first kappa shape index (κ1) is 26.7. The van der Waals surface area contributed by atoms with E-state index in [-0.39, 0.29) is 40.3 Å². The van der Waals surface area contributed by atoms with Crippen molar-refractivity contribution >= 4 is 68.3 Å². The van der Waals surface area contributed by atoms with Crippen molar-refractivity contribution in [3.05, 3.63) is 16.0 Å². The summed E-state index contributed by atoms with van der Waals surface area (Å²) in [5, 5.41) is 13.8. The summed E-state index contributed by atoms with van der Waals surface area (Å²) in [5.41, 5.74) is -0.0499. The fourth-order valence-electron chi connectivity index (χ4n) is 2.34. The summed E-state index contributed by atoms with van der Waals surface area (Å²) < 4.78 is 10.6. The summed E-state index contributed by atoms with van der Waals surface area (Å²) in [7, 11) is 0. The van der Waals surface area contributed by atoms with Crippen LogP contribution in [0.1, 0.15) is 60.2 Å². The SMILES string of the molecule is CCOC(=O)c1sc(NC(=O)CSc2nnc(NC(=O)C(C)(C)C)s2)c(C(=O)OCC)c1C. The summed E-state index contributed by atoms with van der Waals surface area (Å²) in [6, 6.07) is 0. The number of hydrogen-bond acceptors (Lipinski definition) is 11. The molecule has 0 saturated heterocycles. The Morgan fingerprint density at radius 3 is 2.21 bits per heavy atom. The molecule has 0 atom stereocenters. The minimum Gasteiger partial charge on any atom is -0.462 e. The Labute approximate surface area is 203 Å². The minimum absolute atomic E-state index is 0.0181. The van der Waals surface area contributed by atoms with Crippen LogP contribution < -0.4 is 10.6 Å². The number of nitrogens with zero attached hydrogens (tertiary/aromatic N) is 2. The van der Waals surface area contributed by atoms with Crippen LogP contribution in [0.3, 0.4) is 0 Å². The van der Waals surface area contributed by atoms with Gasteiger partial charge in [0.2, 0.25) is 16.9 Å². The Balaban J connectivity index is 2.09. The van der Waals surface area contributed by atoms with Gasteiger partial charge in [0.25, 0.3) is 0 Å². The summed E-state index contributed by atoms with van der Waals surface area (Å²) in [6.07, 6.45) is 0. The van der Waals surface area contributed by atoms with Gasteiger partial charge < -0.3 is 20.1 Å². The molecule has 0 aliphatic rings. The summed E-state index contributed by atoms with van der Waals surface area (Å²) in [6.45, 7) is 10.6. The van der Waals surface area contributed by atoms with E-state index in [0.29, 0.717) is 15.0 Å². The van der Waals surface area contributed by atoms with Crippen molar-refractivity contribution in [2.45, 2.75) is 45.9 Å². The van der Waals surface area contributed by atoms with Crippen molar-refractivity contribution in [1.82, 2.24) is 10.2 Å². The Kier molecular flexibility index (Phi) is 9.37. The van der Waals surface area contributed by atoms with Crippen LogP contribution in [-0.4, -0.2) is 52.9 Å². The molecule has 0 unspecified atom stereocenters. The summed E-state index contributed by atoms with van der Waals surface area (Å²) in [5.74, 6) is -1.81. The normalized spacial score (nSPS) is 11.1. The molecular weight excluding hydrogens is 488 g/mol. The average molecular weight is 515 g/mol. The number of ether oxygens (including phenoxy) is 2. The van der Waals surface area contributed by atoms with Crippen molar-refractivity contribution in [3.8, 4) is 0 Å². The van der Waals surface area contributed by atoms with Crippen molar-refractivity contribution in [2.24, 2.45) is 5.41 Å². The molecule has 2 heterocycles. The number of carbonyl (C=O) groups is 4. The first-order valence-corrected chi connectivity index (χ1v) is 12.6. The maximum Gasteiger partial charge on any atom is 0.348 e. The smallest absolute Gasteiger partial charge is 0.348 e. The molecule has 0 saturated carbocycles. The number of carbonyl (C=O) groups excluding carboxylic acids is 4. The number of amides is 2. The Hall–Kier alpha value is -2.51. The molecule has 180 valence electrons. The Bertz CT molecular complexity index is 1040. The molecule has 33 heavy (non-hydrogen) atoms. The molecule has 0 fully saturated rings. The van der Waals surface area contributed by atoms with Gasteiger partial charge in [-0.1, -0.05) is 43.9 Å². The third-order valence-electron chi connectivity index (χ3n) is 3.97. The van der Waals surface area contributed by atoms with E-state index in [9.17, 15) is 19.2 Å². The molecule has 2 aromatic heterocycles. The number of thiophene rings is 1. The summed E-state index contributed by atoms with van der Waals surface area (Å²) in [4.78, 5) is 49.5. The van der Waals surface area contributed by atoms with Gasteiger partial charge in [0.1, 0.15) is 9.88 Å². The number of anilines is 2. The lowest BCUT2D eigenvalue weighted by Crippen LogP contribution is -2.27. The van der Waals surface area contributed by atoms with Gasteiger partial charge >= 0.3 is 11.9 Å². The van der Waals surface area contributed by atoms with E-state index < -0.39 is 23.3 Å². The van der Waals surface area contributed by atoms with Gasteiger partial charge in [0, 0.05) is 5.41 Å². The highest BCUT2D eigenvalue weighted by Gasteiger charge is 2.27. The quantitative estimate of drug-likeness (QED) is 0.289. The van der Waals surface area contributed by atoms with Gasteiger partial charge in [-0.15, -0.1) is 21.5 Å². The molecule has 2 aromatic rings. The molecule has 0 spiro atoms. The number of rotatable bonds is 9. The second-order valence-corrected chi connectivity index (χ2v) is 10.8. The highest BCUT2D eigenvalue weighted by molar-refractivity contribution is 8.01. The number of hydrogen-bond donors (Lipinski definition) is 2. The molecular formula is C20H26N4O6S3. The molecule has 13 heteroatoms. The third kappa shape index (κ3) is 7.24. The zero-order valence-corrected chi connectivity index (χ0v) is 21.6. The number of esters is 2. The Morgan fingerprint density at radius 1 is 0.970 bits per heavy atom. The first-order valence-electron chi connectivity index (χ1n) is 10.0. The number of aromatic nitrogens is 2. The maximum absolute atomic E-state index is 12.5. The van der Waals surface area contributed by atoms with Crippen LogP contribution in [0.15, 0.2) is 4.34 Å². The molecule has 0 radical (unpaired) electrons.